The maximum Gasteiger partial charge on any atom is 0.198 e. The molecule has 16 heavy (non-hydrogen) atoms. The number of rotatable bonds is 6. The van der Waals surface area contributed by atoms with E-state index in [4.69, 9.17) is 0 Å². The lowest BCUT2D eigenvalue weighted by Crippen LogP contribution is -2.08. The van der Waals surface area contributed by atoms with E-state index in [1.807, 2.05) is 0 Å². The molecular weight excluding hydrogens is 252 g/mol. The van der Waals surface area contributed by atoms with Crippen molar-refractivity contribution in [1.82, 2.24) is 9.55 Å². The predicted octanol–water partition coefficient (Wildman–Crippen LogP) is -0.0541. The van der Waals surface area contributed by atoms with Gasteiger partial charge in [-0.05, 0) is 12.8 Å². The molecule has 0 saturated heterocycles. The molecule has 0 fully saturated rings. The van der Waals surface area contributed by atoms with Crippen LogP contribution in [0.3, 0.4) is 0 Å². The van der Waals surface area contributed by atoms with Gasteiger partial charge in [0.2, 0.25) is 0 Å². The first-order valence-electron chi connectivity index (χ1n) is 4.68. The van der Waals surface area contributed by atoms with Crippen molar-refractivity contribution in [3.05, 3.63) is 12.4 Å². The van der Waals surface area contributed by atoms with Crippen LogP contribution in [0.15, 0.2) is 17.6 Å². The van der Waals surface area contributed by atoms with Crippen LogP contribution in [0.4, 0.5) is 0 Å². The van der Waals surface area contributed by atoms with Crippen molar-refractivity contribution in [2.75, 3.05) is 12.0 Å². The van der Waals surface area contributed by atoms with Gasteiger partial charge in [-0.15, -0.1) is 0 Å². The zero-order valence-corrected chi connectivity index (χ0v) is 10.5. The molecule has 0 N–H and O–H groups in total. The Morgan fingerprint density at radius 2 is 2.19 bits per heavy atom. The van der Waals surface area contributed by atoms with E-state index < -0.39 is 20.9 Å². The van der Waals surface area contributed by atoms with E-state index in [9.17, 15) is 17.2 Å². The second-order valence-corrected chi connectivity index (χ2v) is 6.12. The van der Waals surface area contributed by atoms with E-state index in [1.165, 1.54) is 6.26 Å². The summed E-state index contributed by atoms with van der Waals surface area (Å²) in [6.07, 6.45) is 5.60. The molecule has 0 spiro atoms. The van der Waals surface area contributed by atoms with Gasteiger partial charge in [-0.3, -0.25) is 4.21 Å². The second-order valence-electron chi connectivity index (χ2n) is 3.33. The Morgan fingerprint density at radius 3 is 2.75 bits per heavy atom. The van der Waals surface area contributed by atoms with Gasteiger partial charge in [0, 0.05) is 30.9 Å². The summed E-state index contributed by atoms with van der Waals surface area (Å²) in [5.74, 6) is -0.355. The van der Waals surface area contributed by atoms with Crippen LogP contribution >= 0.6 is 0 Å². The van der Waals surface area contributed by atoms with Gasteiger partial charge in [0.25, 0.3) is 0 Å². The minimum atomic E-state index is -4.13. The Hall–Kier alpha value is -0.730. The Labute approximate surface area is 96.9 Å². The lowest BCUT2D eigenvalue weighted by molar-refractivity contribution is 0.458. The highest BCUT2D eigenvalue weighted by molar-refractivity contribution is 7.85. The van der Waals surface area contributed by atoms with Crippen molar-refractivity contribution in [3.8, 4) is 0 Å². The van der Waals surface area contributed by atoms with Crippen LogP contribution in [-0.2, 0) is 27.5 Å². The SMILES string of the molecule is CS(=O)c1nccn1CCCCS(=O)(=O)[O-]. The summed E-state index contributed by atoms with van der Waals surface area (Å²) in [6, 6.07) is 0. The average Bonchev–Trinajstić information content (AvgIpc) is 2.58. The van der Waals surface area contributed by atoms with Crippen molar-refractivity contribution in [2.24, 2.45) is 0 Å². The number of nitrogens with zero attached hydrogens (tertiary/aromatic N) is 2. The molecule has 0 saturated carbocycles. The first kappa shape index (κ1) is 13.3. The molecule has 8 heteroatoms. The molecule has 0 radical (unpaired) electrons. The zero-order chi connectivity index (χ0) is 12.2. The Kier molecular flexibility index (Phi) is 4.63. The topological polar surface area (TPSA) is 92.1 Å². The second kappa shape index (κ2) is 5.55. The number of hydrogen-bond donors (Lipinski definition) is 0. The standard InChI is InChI=1S/C8H14N2O4S2/c1-15(11)8-9-4-6-10(8)5-2-3-7-16(12,13)14/h4,6H,2-3,5,7H2,1H3,(H,12,13,14)/p-1. The van der Waals surface area contributed by atoms with Crippen LogP contribution in [0.25, 0.3) is 0 Å². The molecule has 1 rings (SSSR count). The fourth-order valence-electron chi connectivity index (χ4n) is 1.29. The van der Waals surface area contributed by atoms with Gasteiger partial charge in [-0.2, -0.15) is 0 Å². The fraction of sp³-hybridized carbons (Fsp3) is 0.625. The highest BCUT2D eigenvalue weighted by Gasteiger charge is 2.05. The van der Waals surface area contributed by atoms with Crippen LogP contribution in [0, 0.1) is 0 Å². The Bertz CT molecular complexity index is 466. The molecule has 6 nitrogen and oxygen atoms in total. The normalized spacial score (nSPS) is 13.9. The molecule has 1 aromatic rings. The third-order valence-electron chi connectivity index (χ3n) is 1.98. The van der Waals surface area contributed by atoms with E-state index in [0.717, 1.165) is 0 Å². The van der Waals surface area contributed by atoms with E-state index in [-0.39, 0.29) is 5.75 Å². The minimum absolute atomic E-state index is 0.305. The molecule has 1 atom stereocenters. The van der Waals surface area contributed by atoms with E-state index >= 15 is 0 Å². The number of aryl methyl sites for hydroxylation is 1. The average molecular weight is 265 g/mol. The fourth-order valence-corrected chi connectivity index (χ4v) is 2.54. The highest BCUT2D eigenvalue weighted by Crippen LogP contribution is 2.05. The molecule has 0 aliphatic heterocycles. The summed E-state index contributed by atoms with van der Waals surface area (Å²) in [6.45, 7) is 0.518. The molecule has 1 aromatic heterocycles. The predicted molar refractivity (Wildman–Crippen MR) is 58.4 cm³/mol. The number of aromatic nitrogens is 2. The van der Waals surface area contributed by atoms with Crippen molar-refractivity contribution < 1.29 is 17.2 Å². The minimum Gasteiger partial charge on any atom is -0.748 e. The largest absolute Gasteiger partial charge is 0.748 e. The van der Waals surface area contributed by atoms with Gasteiger partial charge in [0.1, 0.15) is 0 Å². The van der Waals surface area contributed by atoms with E-state index in [2.05, 4.69) is 4.98 Å². The monoisotopic (exact) mass is 265 g/mol. The van der Waals surface area contributed by atoms with Gasteiger partial charge in [-0.1, -0.05) is 0 Å². The van der Waals surface area contributed by atoms with E-state index in [0.29, 0.717) is 24.5 Å². The summed E-state index contributed by atoms with van der Waals surface area (Å²) in [7, 11) is -5.29. The van der Waals surface area contributed by atoms with Gasteiger partial charge in [0.05, 0.1) is 20.9 Å². The Balaban J connectivity index is 2.43. The maximum absolute atomic E-state index is 11.2. The first-order valence-corrected chi connectivity index (χ1v) is 7.82. The molecule has 0 aromatic carbocycles. The summed E-state index contributed by atoms with van der Waals surface area (Å²) in [5.41, 5.74) is 0. The van der Waals surface area contributed by atoms with Gasteiger partial charge < -0.3 is 9.12 Å². The van der Waals surface area contributed by atoms with Crippen LogP contribution in [-0.4, -0.2) is 38.7 Å². The third-order valence-corrected chi connectivity index (χ3v) is 3.62. The molecule has 92 valence electrons. The summed E-state index contributed by atoms with van der Waals surface area (Å²) in [4.78, 5) is 3.93. The quantitative estimate of drug-likeness (QED) is 0.531. The molecule has 0 bridgehead atoms. The highest BCUT2D eigenvalue weighted by atomic mass is 32.2. The molecule has 1 unspecified atom stereocenters. The third kappa shape index (κ3) is 4.42. The smallest absolute Gasteiger partial charge is 0.198 e. The Morgan fingerprint density at radius 1 is 1.50 bits per heavy atom. The van der Waals surface area contributed by atoms with Crippen molar-refractivity contribution >= 4 is 20.9 Å². The number of imidazole rings is 1. The van der Waals surface area contributed by atoms with Crippen molar-refractivity contribution in [2.45, 2.75) is 24.5 Å². The molecule has 0 aliphatic rings. The lowest BCUT2D eigenvalue weighted by atomic mass is 10.3. The van der Waals surface area contributed by atoms with Gasteiger partial charge in [-0.25, -0.2) is 13.4 Å². The molecule has 0 amide bonds. The molecule has 1 heterocycles. The number of unbranched alkanes of at least 4 members (excludes halogenated alkanes) is 1. The van der Waals surface area contributed by atoms with E-state index in [1.54, 1.807) is 17.0 Å². The first-order chi connectivity index (χ1) is 7.40. The van der Waals surface area contributed by atoms with Crippen LogP contribution in [0.5, 0.6) is 0 Å². The zero-order valence-electron chi connectivity index (χ0n) is 8.83. The van der Waals surface area contributed by atoms with Gasteiger partial charge in [0.15, 0.2) is 5.16 Å². The lowest BCUT2D eigenvalue weighted by Gasteiger charge is -2.07. The molecule has 0 aliphatic carbocycles. The summed E-state index contributed by atoms with van der Waals surface area (Å²) in [5, 5.41) is 0.463. The van der Waals surface area contributed by atoms with Crippen LogP contribution in [0.2, 0.25) is 0 Å². The maximum atomic E-state index is 11.2. The van der Waals surface area contributed by atoms with Crippen molar-refractivity contribution in [3.63, 3.8) is 0 Å². The van der Waals surface area contributed by atoms with Crippen LogP contribution < -0.4 is 0 Å². The van der Waals surface area contributed by atoms with Gasteiger partial charge >= 0.3 is 0 Å². The summed E-state index contributed by atoms with van der Waals surface area (Å²) >= 11 is 0. The summed E-state index contributed by atoms with van der Waals surface area (Å²) < 4.78 is 43.9. The van der Waals surface area contributed by atoms with Crippen molar-refractivity contribution in [1.29, 1.82) is 0 Å². The number of hydrogen-bond acceptors (Lipinski definition) is 5. The molecular formula is C8H13N2O4S2-. The van der Waals surface area contributed by atoms with Crippen LogP contribution in [0.1, 0.15) is 12.8 Å².